The van der Waals surface area contributed by atoms with Gasteiger partial charge in [0.2, 0.25) is 5.91 Å². The van der Waals surface area contributed by atoms with E-state index in [0.29, 0.717) is 5.69 Å². The molecule has 1 atom stereocenters. The molecule has 0 aromatic heterocycles. The lowest BCUT2D eigenvalue weighted by Crippen LogP contribution is -2.28. The summed E-state index contributed by atoms with van der Waals surface area (Å²) in [7, 11) is 0. The topological polar surface area (TPSA) is 75.7 Å². The predicted octanol–water partition coefficient (Wildman–Crippen LogP) is 2.78. The van der Waals surface area contributed by atoms with Gasteiger partial charge < -0.3 is 15.0 Å². The molecule has 6 heteroatoms. The summed E-state index contributed by atoms with van der Waals surface area (Å²) in [6.45, 7) is 1.95. The van der Waals surface area contributed by atoms with Crippen molar-refractivity contribution in [3.05, 3.63) is 60.2 Å². The second-order valence-electron chi connectivity index (χ2n) is 6.45. The zero-order valence-electron chi connectivity index (χ0n) is 15.2. The van der Waals surface area contributed by atoms with Crippen LogP contribution < -0.4 is 10.2 Å². The van der Waals surface area contributed by atoms with E-state index in [2.05, 4.69) is 12.2 Å². The highest BCUT2D eigenvalue weighted by molar-refractivity contribution is 6.00. The van der Waals surface area contributed by atoms with Crippen molar-refractivity contribution in [3.63, 3.8) is 0 Å². The molecular formula is C21H22N2O4. The molecule has 0 aliphatic carbocycles. The number of rotatable bonds is 6. The van der Waals surface area contributed by atoms with Crippen LogP contribution in [-0.4, -0.2) is 30.9 Å². The van der Waals surface area contributed by atoms with Gasteiger partial charge in [0.05, 0.1) is 5.92 Å². The Morgan fingerprint density at radius 3 is 2.48 bits per heavy atom. The maximum atomic E-state index is 12.2. The van der Waals surface area contributed by atoms with Crippen molar-refractivity contribution in [3.8, 4) is 0 Å². The van der Waals surface area contributed by atoms with Crippen LogP contribution in [0.1, 0.15) is 18.9 Å². The fourth-order valence-corrected chi connectivity index (χ4v) is 3.00. The first-order valence-corrected chi connectivity index (χ1v) is 8.97. The summed E-state index contributed by atoms with van der Waals surface area (Å²) in [4.78, 5) is 37.9. The summed E-state index contributed by atoms with van der Waals surface area (Å²) in [6.07, 6.45) is 1.01. The van der Waals surface area contributed by atoms with E-state index >= 15 is 0 Å². The maximum absolute atomic E-state index is 12.2. The van der Waals surface area contributed by atoms with Crippen LogP contribution in [0.15, 0.2) is 54.6 Å². The van der Waals surface area contributed by atoms with E-state index in [1.54, 1.807) is 4.90 Å². The average molecular weight is 366 g/mol. The molecule has 3 rings (SSSR count). The lowest BCUT2D eigenvalue weighted by atomic mass is 10.1. The minimum absolute atomic E-state index is 0.0911. The quantitative estimate of drug-likeness (QED) is 0.798. The number of benzene rings is 2. The highest BCUT2D eigenvalue weighted by atomic mass is 16.5. The molecule has 2 aromatic carbocycles. The van der Waals surface area contributed by atoms with Crippen LogP contribution in [0, 0.1) is 5.92 Å². The monoisotopic (exact) mass is 366 g/mol. The highest BCUT2D eigenvalue weighted by Gasteiger charge is 2.36. The van der Waals surface area contributed by atoms with Gasteiger partial charge in [0.1, 0.15) is 0 Å². The molecule has 2 aromatic rings. The van der Waals surface area contributed by atoms with E-state index in [0.717, 1.165) is 12.1 Å². The zero-order valence-corrected chi connectivity index (χ0v) is 15.2. The third-order valence-corrected chi connectivity index (χ3v) is 4.52. The van der Waals surface area contributed by atoms with Crippen molar-refractivity contribution in [2.75, 3.05) is 23.4 Å². The Balaban J connectivity index is 1.49. The zero-order chi connectivity index (χ0) is 19.2. The van der Waals surface area contributed by atoms with Crippen LogP contribution >= 0.6 is 0 Å². The fraction of sp³-hybridized carbons (Fsp3) is 0.286. The first-order chi connectivity index (χ1) is 13.1. The second-order valence-corrected chi connectivity index (χ2v) is 6.45. The SMILES string of the molecule is CCc1ccc(NC(=O)COC(=O)C2CC(=O)N(c3ccccc3)C2)cc1. The Kier molecular flexibility index (Phi) is 5.86. The standard InChI is InChI=1S/C21H22N2O4/c1-2-15-8-10-17(11-9-15)22-19(24)14-27-21(26)16-12-20(25)23(13-16)18-6-4-3-5-7-18/h3-11,16H,2,12-14H2,1H3,(H,22,24). The molecule has 1 aliphatic heterocycles. The Morgan fingerprint density at radius 1 is 1.11 bits per heavy atom. The normalized spacial score (nSPS) is 16.3. The Bertz CT molecular complexity index is 818. The molecule has 1 fully saturated rings. The summed E-state index contributed by atoms with van der Waals surface area (Å²) in [5, 5.41) is 2.69. The smallest absolute Gasteiger partial charge is 0.311 e. The molecule has 1 unspecified atom stereocenters. The number of aryl methyl sites for hydroxylation is 1. The lowest BCUT2D eigenvalue weighted by Gasteiger charge is -2.16. The Morgan fingerprint density at radius 2 is 1.81 bits per heavy atom. The van der Waals surface area contributed by atoms with Gasteiger partial charge in [0.25, 0.3) is 5.91 Å². The number of hydrogen-bond donors (Lipinski definition) is 1. The number of anilines is 2. The minimum atomic E-state index is -0.561. The van der Waals surface area contributed by atoms with Crippen molar-refractivity contribution >= 4 is 29.2 Å². The summed E-state index contributed by atoms with van der Waals surface area (Å²) in [5.41, 5.74) is 2.58. The minimum Gasteiger partial charge on any atom is -0.455 e. The molecule has 27 heavy (non-hydrogen) atoms. The number of carbonyl (C=O) groups excluding carboxylic acids is 3. The third kappa shape index (κ3) is 4.73. The van der Waals surface area contributed by atoms with Gasteiger partial charge in [-0.05, 0) is 36.2 Å². The van der Waals surface area contributed by atoms with Crippen molar-refractivity contribution in [1.82, 2.24) is 0 Å². The number of hydrogen-bond acceptors (Lipinski definition) is 4. The van der Waals surface area contributed by atoms with E-state index in [4.69, 9.17) is 4.74 Å². The summed E-state index contributed by atoms with van der Waals surface area (Å²) in [6, 6.07) is 16.7. The van der Waals surface area contributed by atoms with E-state index in [1.807, 2.05) is 54.6 Å². The molecule has 1 saturated heterocycles. The van der Waals surface area contributed by atoms with Gasteiger partial charge in [-0.1, -0.05) is 37.3 Å². The number of nitrogens with zero attached hydrogens (tertiary/aromatic N) is 1. The number of amides is 2. The third-order valence-electron chi connectivity index (χ3n) is 4.52. The van der Waals surface area contributed by atoms with Crippen LogP contribution in [0.2, 0.25) is 0 Å². The van der Waals surface area contributed by atoms with Crippen LogP contribution in [0.3, 0.4) is 0 Å². The molecule has 1 heterocycles. The predicted molar refractivity (Wildman–Crippen MR) is 102 cm³/mol. The van der Waals surface area contributed by atoms with Gasteiger partial charge in [0.15, 0.2) is 6.61 Å². The lowest BCUT2D eigenvalue weighted by molar-refractivity contribution is -0.151. The molecule has 0 radical (unpaired) electrons. The Hall–Kier alpha value is -3.15. The van der Waals surface area contributed by atoms with Gasteiger partial charge in [-0.2, -0.15) is 0 Å². The summed E-state index contributed by atoms with van der Waals surface area (Å²) in [5.74, 6) is -1.62. The van der Waals surface area contributed by atoms with Gasteiger partial charge >= 0.3 is 5.97 Å². The number of ether oxygens (including phenoxy) is 1. The van der Waals surface area contributed by atoms with Crippen molar-refractivity contribution in [2.24, 2.45) is 5.92 Å². The van der Waals surface area contributed by atoms with Gasteiger partial charge in [0, 0.05) is 24.3 Å². The largest absolute Gasteiger partial charge is 0.455 e. The first kappa shape index (κ1) is 18.6. The van der Waals surface area contributed by atoms with E-state index in [9.17, 15) is 14.4 Å². The maximum Gasteiger partial charge on any atom is 0.311 e. The molecule has 1 N–H and O–H groups in total. The van der Waals surface area contributed by atoms with Gasteiger partial charge in [-0.3, -0.25) is 14.4 Å². The highest BCUT2D eigenvalue weighted by Crippen LogP contribution is 2.25. The molecular weight excluding hydrogens is 344 g/mol. The Labute approximate surface area is 158 Å². The van der Waals surface area contributed by atoms with E-state index in [1.165, 1.54) is 5.56 Å². The van der Waals surface area contributed by atoms with Crippen LogP contribution in [-0.2, 0) is 25.5 Å². The van der Waals surface area contributed by atoms with Crippen molar-refractivity contribution in [1.29, 1.82) is 0 Å². The molecule has 6 nitrogen and oxygen atoms in total. The number of para-hydroxylation sites is 1. The molecule has 2 amide bonds. The van der Waals surface area contributed by atoms with E-state index in [-0.39, 0.29) is 25.5 Å². The number of nitrogens with one attached hydrogen (secondary N) is 1. The number of carbonyl (C=O) groups is 3. The number of esters is 1. The van der Waals surface area contributed by atoms with Gasteiger partial charge in [-0.25, -0.2) is 0 Å². The van der Waals surface area contributed by atoms with Gasteiger partial charge in [-0.15, -0.1) is 0 Å². The van der Waals surface area contributed by atoms with Crippen LogP contribution in [0.5, 0.6) is 0 Å². The second kappa shape index (κ2) is 8.49. The summed E-state index contributed by atoms with van der Waals surface area (Å²) >= 11 is 0. The van der Waals surface area contributed by atoms with E-state index < -0.39 is 17.8 Å². The molecule has 0 bridgehead atoms. The fourth-order valence-electron chi connectivity index (χ4n) is 3.00. The first-order valence-electron chi connectivity index (χ1n) is 8.97. The average Bonchev–Trinajstić information content (AvgIpc) is 3.09. The summed E-state index contributed by atoms with van der Waals surface area (Å²) < 4.78 is 5.11. The molecule has 1 aliphatic rings. The van der Waals surface area contributed by atoms with Crippen LogP contribution in [0.25, 0.3) is 0 Å². The van der Waals surface area contributed by atoms with Crippen LogP contribution in [0.4, 0.5) is 11.4 Å². The molecule has 140 valence electrons. The van der Waals surface area contributed by atoms with Crippen molar-refractivity contribution < 1.29 is 19.1 Å². The van der Waals surface area contributed by atoms with Crippen molar-refractivity contribution in [2.45, 2.75) is 19.8 Å². The molecule has 0 saturated carbocycles. The molecule has 0 spiro atoms.